The second kappa shape index (κ2) is 4.87. The average molecular weight is 314 g/mol. The highest BCUT2D eigenvalue weighted by atomic mass is 16.3. The Kier molecular flexibility index (Phi) is 3.33. The Morgan fingerprint density at radius 3 is 2.57 bits per heavy atom. The molecular formula is C21H30O2. The average Bonchev–Trinajstić information content (AvgIpc) is 2.80. The van der Waals surface area contributed by atoms with E-state index in [2.05, 4.69) is 25.8 Å². The zero-order valence-corrected chi connectivity index (χ0v) is 14.5. The molecule has 0 unspecified atom stereocenters. The summed E-state index contributed by atoms with van der Waals surface area (Å²) in [6.07, 6.45) is 16.1. The smallest absolute Gasteiger partial charge is 0.130 e. The SMILES string of the molecule is C#C[C@]1(O)CC[C@@H]2[C@H]3CCC4=C[C@@H](O)CC[C@]4(C)[C@H]3CC[C@@]21C. The van der Waals surface area contributed by atoms with E-state index in [0.717, 1.165) is 38.5 Å². The molecule has 2 N–H and O–H groups in total. The third-order valence-electron chi connectivity index (χ3n) is 8.48. The maximum absolute atomic E-state index is 11.0. The highest BCUT2D eigenvalue weighted by molar-refractivity contribution is 5.28. The van der Waals surface area contributed by atoms with Crippen LogP contribution in [-0.4, -0.2) is 21.9 Å². The Labute approximate surface area is 140 Å². The van der Waals surface area contributed by atoms with Crippen molar-refractivity contribution in [2.75, 3.05) is 0 Å². The fourth-order valence-electron chi connectivity index (χ4n) is 6.96. The Hall–Kier alpha value is -0.780. The van der Waals surface area contributed by atoms with E-state index < -0.39 is 5.60 Å². The first kappa shape index (κ1) is 15.7. The molecule has 7 atom stereocenters. The van der Waals surface area contributed by atoms with Crippen LogP contribution in [0.5, 0.6) is 0 Å². The van der Waals surface area contributed by atoms with Crippen molar-refractivity contribution in [3.63, 3.8) is 0 Å². The van der Waals surface area contributed by atoms with Gasteiger partial charge in [-0.05, 0) is 74.5 Å². The Morgan fingerprint density at radius 2 is 1.83 bits per heavy atom. The van der Waals surface area contributed by atoms with Crippen molar-refractivity contribution in [3.8, 4) is 12.3 Å². The minimum absolute atomic E-state index is 0.103. The molecule has 3 saturated carbocycles. The van der Waals surface area contributed by atoms with E-state index in [1.807, 2.05) is 0 Å². The summed E-state index contributed by atoms with van der Waals surface area (Å²) in [6.45, 7) is 4.69. The monoisotopic (exact) mass is 314 g/mol. The van der Waals surface area contributed by atoms with E-state index in [0.29, 0.717) is 17.8 Å². The van der Waals surface area contributed by atoms with Crippen LogP contribution in [0.1, 0.15) is 65.2 Å². The van der Waals surface area contributed by atoms with Crippen LogP contribution in [0.2, 0.25) is 0 Å². The summed E-state index contributed by atoms with van der Waals surface area (Å²) < 4.78 is 0. The maximum atomic E-state index is 11.0. The third kappa shape index (κ3) is 1.90. The van der Waals surface area contributed by atoms with Gasteiger partial charge in [-0.3, -0.25) is 0 Å². The molecule has 0 saturated heterocycles. The summed E-state index contributed by atoms with van der Waals surface area (Å²) in [4.78, 5) is 0. The van der Waals surface area contributed by atoms with Gasteiger partial charge in [0.15, 0.2) is 0 Å². The molecule has 0 aromatic rings. The third-order valence-corrected chi connectivity index (χ3v) is 8.48. The van der Waals surface area contributed by atoms with Gasteiger partial charge in [0.2, 0.25) is 0 Å². The molecule has 2 nitrogen and oxygen atoms in total. The van der Waals surface area contributed by atoms with Gasteiger partial charge in [0.25, 0.3) is 0 Å². The number of hydrogen-bond donors (Lipinski definition) is 2. The summed E-state index contributed by atoms with van der Waals surface area (Å²) in [5, 5.41) is 21.0. The lowest BCUT2D eigenvalue weighted by Crippen LogP contribution is -2.54. The Morgan fingerprint density at radius 1 is 1.09 bits per heavy atom. The van der Waals surface area contributed by atoms with E-state index >= 15 is 0 Å². The van der Waals surface area contributed by atoms with E-state index in [1.54, 1.807) is 0 Å². The second-order valence-electron chi connectivity index (χ2n) is 9.13. The normalized spacial score (nSPS) is 55.2. The number of aliphatic hydroxyl groups is 2. The van der Waals surface area contributed by atoms with Crippen LogP contribution in [-0.2, 0) is 0 Å². The molecule has 0 heterocycles. The maximum Gasteiger partial charge on any atom is 0.130 e. The number of rotatable bonds is 0. The molecule has 4 rings (SSSR count). The van der Waals surface area contributed by atoms with Crippen molar-refractivity contribution in [1.29, 1.82) is 0 Å². The lowest BCUT2D eigenvalue weighted by Gasteiger charge is -2.59. The van der Waals surface area contributed by atoms with Crippen molar-refractivity contribution >= 4 is 0 Å². The molecule has 0 bridgehead atoms. The van der Waals surface area contributed by atoms with Gasteiger partial charge in [0.05, 0.1) is 6.10 Å². The van der Waals surface area contributed by atoms with Gasteiger partial charge in [-0.15, -0.1) is 6.42 Å². The lowest BCUT2D eigenvalue weighted by atomic mass is 9.46. The summed E-state index contributed by atoms with van der Waals surface area (Å²) >= 11 is 0. The van der Waals surface area contributed by atoms with Gasteiger partial charge in [-0.25, -0.2) is 0 Å². The molecule has 0 aromatic carbocycles. The molecular weight excluding hydrogens is 284 g/mol. The van der Waals surface area contributed by atoms with Gasteiger partial charge in [0, 0.05) is 5.41 Å². The molecule has 4 aliphatic carbocycles. The van der Waals surface area contributed by atoms with Gasteiger partial charge in [-0.1, -0.05) is 31.4 Å². The van der Waals surface area contributed by atoms with Crippen molar-refractivity contribution in [2.45, 2.75) is 76.9 Å². The number of allylic oxidation sites excluding steroid dienone is 1. The largest absolute Gasteiger partial charge is 0.389 e. The van der Waals surface area contributed by atoms with Gasteiger partial charge >= 0.3 is 0 Å². The van der Waals surface area contributed by atoms with Crippen LogP contribution >= 0.6 is 0 Å². The van der Waals surface area contributed by atoms with E-state index in [4.69, 9.17) is 6.42 Å². The van der Waals surface area contributed by atoms with Crippen LogP contribution in [0.15, 0.2) is 11.6 Å². The predicted octanol–water partition coefficient (Wildman–Crippen LogP) is 3.67. The van der Waals surface area contributed by atoms with Crippen molar-refractivity contribution in [3.05, 3.63) is 11.6 Å². The summed E-state index contributed by atoms with van der Waals surface area (Å²) in [5.74, 6) is 4.71. The van der Waals surface area contributed by atoms with Gasteiger partial charge in [-0.2, -0.15) is 0 Å². The summed E-state index contributed by atoms with van der Waals surface area (Å²) in [5.41, 5.74) is 0.767. The lowest BCUT2D eigenvalue weighted by molar-refractivity contribution is -0.101. The van der Waals surface area contributed by atoms with Crippen molar-refractivity contribution in [1.82, 2.24) is 0 Å². The molecule has 4 aliphatic rings. The number of terminal acetylenes is 1. The first-order valence-corrected chi connectivity index (χ1v) is 9.43. The number of aliphatic hydroxyl groups excluding tert-OH is 1. The molecule has 3 fully saturated rings. The van der Waals surface area contributed by atoms with Crippen LogP contribution in [0.3, 0.4) is 0 Å². The molecule has 0 aliphatic heterocycles. The fourth-order valence-corrected chi connectivity index (χ4v) is 6.96. The topological polar surface area (TPSA) is 40.5 Å². The second-order valence-corrected chi connectivity index (χ2v) is 9.13. The fraction of sp³-hybridized carbons (Fsp3) is 0.810. The quantitative estimate of drug-likeness (QED) is 0.529. The molecule has 2 heteroatoms. The molecule has 0 radical (unpaired) electrons. The molecule has 0 aromatic heterocycles. The highest BCUT2D eigenvalue weighted by Gasteiger charge is 2.63. The predicted molar refractivity (Wildman–Crippen MR) is 91.5 cm³/mol. The molecule has 126 valence electrons. The van der Waals surface area contributed by atoms with Crippen molar-refractivity contribution < 1.29 is 10.2 Å². The van der Waals surface area contributed by atoms with Gasteiger partial charge < -0.3 is 10.2 Å². The Balaban J connectivity index is 1.69. The van der Waals surface area contributed by atoms with E-state index in [-0.39, 0.29) is 16.9 Å². The summed E-state index contributed by atoms with van der Waals surface area (Å²) in [7, 11) is 0. The van der Waals surface area contributed by atoms with Crippen molar-refractivity contribution in [2.24, 2.45) is 28.6 Å². The minimum Gasteiger partial charge on any atom is -0.389 e. The Bertz CT molecular complexity index is 587. The van der Waals surface area contributed by atoms with Gasteiger partial charge in [0.1, 0.15) is 5.60 Å². The molecule has 0 spiro atoms. The standard InChI is InChI=1S/C21H30O2/c1-4-21(23)12-9-18-16-6-5-14-13-15(22)7-10-19(14,2)17(16)8-11-20(18,21)3/h1,13,15-18,22-23H,5-12H2,2-3H3/t15-,16-,17-,18+,19-,20-,21-/m0/s1. The summed E-state index contributed by atoms with van der Waals surface area (Å²) in [6, 6.07) is 0. The van der Waals surface area contributed by atoms with E-state index in [9.17, 15) is 10.2 Å². The highest BCUT2D eigenvalue weighted by Crippen LogP contribution is 2.67. The number of fused-ring (bicyclic) bond motifs is 5. The van der Waals surface area contributed by atoms with Crippen LogP contribution in [0, 0.1) is 40.9 Å². The molecule has 23 heavy (non-hydrogen) atoms. The minimum atomic E-state index is -0.900. The zero-order valence-electron chi connectivity index (χ0n) is 14.5. The number of hydrogen-bond acceptors (Lipinski definition) is 2. The van der Waals surface area contributed by atoms with Crippen LogP contribution in [0.25, 0.3) is 0 Å². The van der Waals surface area contributed by atoms with E-state index in [1.165, 1.54) is 18.4 Å². The van der Waals surface area contributed by atoms with Crippen LogP contribution < -0.4 is 0 Å². The van der Waals surface area contributed by atoms with Crippen LogP contribution in [0.4, 0.5) is 0 Å². The molecule has 0 amide bonds. The first-order chi connectivity index (χ1) is 10.8. The zero-order chi connectivity index (χ0) is 16.5. The first-order valence-electron chi connectivity index (χ1n) is 9.43.